The van der Waals surface area contributed by atoms with Gasteiger partial charge in [-0.25, -0.2) is 0 Å². The third kappa shape index (κ3) is 3.54. The number of fused-ring (bicyclic) bond motifs is 2. The molecule has 1 aromatic heterocycles. The number of halogens is 1. The number of nitrogens with zero attached hydrogens (tertiary/aromatic N) is 4. The number of amides is 1. The van der Waals surface area contributed by atoms with E-state index in [1.165, 1.54) is 0 Å². The number of aromatic nitrogens is 3. The third-order valence-corrected chi connectivity index (χ3v) is 5.66. The summed E-state index contributed by atoms with van der Waals surface area (Å²) in [5, 5.41) is 12.1. The highest BCUT2D eigenvalue weighted by atomic mass is 35.5. The molecule has 9 heteroatoms. The predicted octanol–water partition coefficient (Wildman–Crippen LogP) is 1.48. The van der Waals surface area contributed by atoms with Crippen molar-refractivity contribution in [2.45, 2.75) is 38.3 Å². The van der Waals surface area contributed by atoms with Crippen LogP contribution in [0.4, 0.5) is 0 Å². The predicted molar refractivity (Wildman–Crippen MR) is 104 cm³/mol. The highest BCUT2D eigenvalue weighted by Gasteiger charge is 2.29. The molecule has 0 saturated carbocycles. The Morgan fingerprint density at radius 2 is 1.96 bits per heavy atom. The average molecular weight is 406 g/mol. The van der Waals surface area contributed by atoms with Gasteiger partial charge in [-0.05, 0) is 30.5 Å². The number of hydrogen-bond acceptors (Lipinski definition) is 6. The Kier molecular flexibility index (Phi) is 5.41. The number of nitrogens with one attached hydrogen (secondary N) is 1. The van der Waals surface area contributed by atoms with E-state index in [0.29, 0.717) is 12.3 Å². The third-order valence-electron chi connectivity index (χ3n) is 5.66. The summed E-state index contributed by atoms with van der Waals surface area (Å²) in [5.74, 6) is 4.15. The Labute approximate surface area is 169 Å². The average Bonchev–Trinajstić information content (AvgIpc) is 3.34. The molecule has 5 rings (SSSR count). The number of ether oxygens (including phenoxy) is 2. The quantitative estimate of drug-likeness (QED) is 0.833. The van der Waals surface area contributed by atoms with Crippen molar-refractivity contribution in [3.63, 3.8) is 0 Å². The lowest BCUT2D eigenvalue weighted by Crippen LogP contribution is -2.39. The van der Waals surface area contributed by atoms with E-state index < -0.39 is 0 Å². The van der Waals surface area contributed by atoms with E-state index in [-0.39, 0.29) is 25.1 Å². The maximum absolute atomic E-state index is 12.7. The maximum Gasteiger partial charge on any atom is 0.231 e. The molecule has 1 fully saturated rings. The molecular weight excluding hydrogens is 382 g/mol. The van der Waals surface area contributed by atoms with Crippen LogP contribution in [0.2, 0.25) is 0 Å². The second-order valence-electron chi connectivity index (χ2n) is 7.32. The number of benzene rings is 1. The van der Waals surface area contributed by atoms with Crippen molar-refractivity contribution in [3.05, 3.63) is 35.4 Å². The maximum atomic E-state index is 12.7. The van der Waals surface area contributed by atoms with E-state index in [4.69, 9.17) is 9.47 Å². The topological polar surface area (TPSA) is 81.5 Å². The first kappa shape index (κ1) is 19.0. The summed E-state index contributed by atoms with van der Waals surface area (Å²) in [6.45, 7) is 4.48. The Hall–Kier alpha value is -2.32. The summed E-state index contributed by atoms with van der Waals surface area (Å²) in [5.41, 5.74) is 0.963. The number of carbonyl (C=O) groups is 1. The van der Waals surface area contributed by atoms with Crippen molar-refractivity contribution >= 4 is 18.3 Å². The molecule has 8 nitrogen and oxygen atoms in total. The van der Waals surface area contributed by atoms with Crippen LogP contribution in [0.5, 0.6) is 11.5 Å². The Balaban J connectivity index is 0.00000192. The largest absolute Gasteiger partial charge is 0.454 e. The number of rotatable bonds is 3. The highest BCUT2D eigenvalue weighted by molar-refractivity contribution is 5.85. The Morgan fingerprint density at radius 3 is 2.82 bits per heavy atom. The number of piperidine rings is 1. The van der Waals surface area contributed by atoms with Crippen molar-refractivity contribution in [2.75, 3.05) is 26.4 Å². The van der Waals surface area contributed by atoms with Gasteiger partial charge in [0, 0.05) is 32.1 Å². The zero-order valence-electron chi connectivity index (χ0n) is 15.6. The minimum atomic E-state index is 0. The summed E-state index contributed by atoms with van der Waals surface area (Å²) in [6, 6.07) is 5.72. The fraction of sp³-hybridized carbons (Fsp3) is 0.526. The van der Waals surface area contributed by atoms with Crippen molar-refractivity contribution in [1.29, 1.82) is 0 Å². The molecule has 0 aliphatic carbocycles. The van der Waals surface area contributed by atoms with Gasteiger partial charge >= 0.3 is 0 Å². The van der Waals surface area contributed by atoms with E-state index in [0.717, 1.165) is 74.3 Å². The van der Waals surface area contributed by atoms with Crippen LogP contribution in [0.1, 0.15) is 36.0 Å². The van der Waals surface area contributed by atoms with Crippen molar-refractivity contribution in [3.8, 4) is 11.5 Å². The van der Waals surface area contributed by atoms with E-state index in [9.17, 15) is 4.79 Å². The monoisotopic (exact) mass is 405 g/mol. The number of likely N-dealkylation sites (tertiary alicyclic amines) is 1. The fourth-order valence-corrected chi connectivity index (χ4v) is 4.14. The fourth-order valence-electron chi connectivity index (χ4n) is 4.14. The van der Waals surface area contributed by atoms with Gasteiger partial charge in [0.2, 0.25) is 12.7 Å². The Bertz CT molecular complexity index is 863. The summed E-state index contributed by atoms with van der Waals surface area (Å²) in [7, 11) is 0. The lowest BCUT2D eigenvalue weighted by atomic mass is 9.95. The van der Waals surface area contributed by atoms with Crippen LogP contribution in [0.15, 0.2) is 18.2 Å². The molecule has 3 aliphatic rings. The molecule has 1 aromatic carbocycles. The lowest BCUT2D eigenvalue weighted by Gasteiger charge is -2.32. The van der Waals surface area contributed by atoms with Gasteiger partial charge in [0.25, 0.3) is 0 Å². The SMILES string of the molecule is Cl.O=C(Cc1ccc2c(c1)OCO2)N1CCC(c2nnc3n2CCNC3)CC1. The van der Waals surface area contributed by atoms with Crippen molar-refractivity contribution in [1.82, 2.24) is 25.0 Å². The summed E-state index contributed by atoms with van der Waals surface area (Å²) in [6.07, 6.45) is 2.28. The molecule has 3 aliphatic heterocycles. The van der Waals surface area contributed by atoms with Crippen LogP contribution in [0.25, 0.3) is 0 Å². The second-order valence-corrected chi connectivity index (χ2v) is 7.32. The first-order chi connectivity index (χ1) is 13.3. The van der Waals surface area contributed by atoms with Gasteiger partial charge in [-0.1, -0.05) is 6.07 Å². The molecular formula is C19H24ClN5O3. The van der Waals surface area contributed by atoms with Gasteiger partial charge in [-0.3, -0.25) is 4.79 Å². The first-order valence-electron chi connectivity index (χ1n) is 9.57. The van der Waals surface area contributed by atoms with Crippen LogP contribution in [0, 0.1) is 0 Å². The standard InChI is InChI=1S/C19H23N5O3.ClH/c25-18(10-13-1-2-15-16(9-13)27-12-26-15)23-6-3-14(4-7-23)19-22-21-17-11-20-5-8-24(17)19;/h1-2,9,14,20H,3-8,10-12H2;1H. The van der Waals surface area contributed by atoms with Gasteiger partial charge in [0.05, 0.1) is 13.0 Å². The minimum Gasteiger partial charge on any atom is -0.454 e. The summed E-state index contributed by atoms with van der Waals surface area (Å²) in [4.78, 5) is 14.7. The van der Waals surface area contributed by atoms with Crippen LogP contribution >= 0.6 is 12.4 Å². The molecule has 0 spiro atoms. The molecule has 28 heavy (non-hydrogen) atoms. The molecule has 0 atom stereocenters. The van der Waals surface area contributed by atoms with Gasteiger partial charge in [0.1, 0.15) is 11.6 Å². The molecule has 0 radical (unpaired) electrons. The highest BCUT2D eigenvalue weighted by Crippen LogP contribution is 2.33. The van der Waals surface area contributed by atoms with Crippen LogP contribution in [-0.2, 0) is 24.3 Å². The molecule has 1 amide bonds. The number of hydrogen-bond donors (Lipinski definition) is 1. The van der Waals surface area contributed by atoms with E-state index >= 15 is 0 Å². The molecule has 1 saturated heterocycles. The van der Waals surface area contributed by atoms with Crippen LogP contribution < -0.4 is 14.8 Å². The summed E-state index contributed by atoms with van der Waals surface area (Å²) < 4.78 is 13.0. The smallest absolute Gasteiger partial charge is 0.231 e. The van der Waals surface area contributed by atoms with E-state index in [2.05, 4.69) is 20.1 Å². The molecule has 1 N–H and O–H groups in total. The van der Waals surface area contributed by atoms with Crippen molar-refractivity contribution < 1.29 is 14.3 Å². The molecule has 0 unspecified atom stereocenters. The minimum absolute atomic E-state index is 0. The summed E-state index contributed by atoms with van der Waals surface area (Å²) >= 11 is 0. The van der Waals surface area contributed by atoms with E-state index in [1.54, 1.807) is 0 Å². The van der Waals surface area contributed by atoms with E-state index in [1.807, 2.05) is 23.1 Å². The zero-order chi connectivity index (χ0) is 18.2. The molecule has 2 aromatic rings. The normalized spacial score (nSPS) is 18.5. The number of carbonyl (C=O) groups excluding carboxylic acids is 1. The van der Waals surface area contributed by atoms with Gasteiger partial charge in [0.15, 0.2) is 11.5 Å². The first-order valence-corrected chi connectivity index (χ1v) is 9.57. The molecule has 4 heterocycles. The lowest BCUT2D eigenvalue weighted by molar-refractivity contribution is -0.131. The Morgan fingerprint density at radius 1 is 1.14 bits per heavy atom. The van der Waals surface area contributed by atoms with Gasteiger partial charge in [-0.2, -0.15) is 0 Å². The van der Waals surface area contributed by atoms with Crippen molar-refractivity contribution in [2.24, 2.45) is 0 Å². The second kappa shape index (κ2) is 7.97. The molecule has 150 valence electrons. The van der Waals surface area contributed by atoms with Gasteiger partial charge in [-0.15, -0.1) is 22.6 Å². The zero-order valence-corrected chi connectivity index (χ0v) is 16.4. The van der Waals surface area contributed by atoms with Gasteiger partial charge < -0.3 is 24.3 Å². The van der Waals surface area contributed by atoms with Crippen LogP contribution in [0.3, 0.4) is 0 Å². The van der Waals surface area contributed by atoms with Crippen LogP contribution in [-0.4, -0.2) is 52.0 Å². The molecule has 0 bridgehead atoms.